The molecule has 0 aromatic carbocycles. The molecule has 14 heteroatoms. The number of halogens is 2. The van der Waals surface area contributed by atoms with E-state index in [0.717, 1.165) is 23.5 Å². The highest BCUT2D eigenvalue weighted by Gasteiger charge is 2.42. The van der Waals surface area contributed by atoms with Crippen LogP contribution in [0, 0.1) is 5.92 Å². The van der Waals surface area contributed by atoms with Crippen LogP contribution in [-0.4, -0.2) is 71.2 Å². The number of fused-ring (bicyclic) bond motifs is 1. The van der Waals surface area contributed by atoms with Crippen LogP contribution in [0.15, 0.2) is 18.3 Å². The number of amides is 4. The molecule has 4 rings (SSSR count). The van der Waals surface area contributed by atoms with Gasteiger partial charge in [-0.15, -0.1) is 23.7 Å². The number of rotatable bonds is 5. The SMILES string of the molecule is CN(C)C(=O)[C@H]1CC[C@H](N(C(=O)C(N)=O)c2ccc(Cl)cn2)[C@H](NC(=O)c2nc3c(s2)CNCC3)C1.Cl. The Morgan fingerprint density at radius 3 is 2.59 bits per heavy atom. The molecule has 2 aromatic heterocycles. The molecular formula is C23H29Cl2N7O4S. The standard InChI is InChI=1S/C23H28ClN7O4S.ClH/c1-30(2)22(34)12-3-5-16(31(23(35)19(25)32)18-6-4-13(24)10-27-18)15(9-12)28-20(33)21-29-14-7-8-26-11-17(14)36-21;/h4,6,10,12,15-16,26H,3,5,7-9,11H2,1-2H3,(H2,25,32)(H,28,33);1H/t12-,15+,16-;/m0./s1. The quantitative estimate of drug-likeness (QED) is 0.456. The van der Waals surface area contributed by atoms with Gasteiger partial charge < -0.3 is 21.3 Å². The van der Waals surface area contributed by atoms with Crippen LogP contribution in [0.4, 0.5) is 5.82 Å². The Balaban J connectivity index is 0.00000380. The lowest BCUT2D eigenvalue weighted by Crippen LogP contribution is -2.59. The Morgan fingerprint density at radius 2 is 1.97 bits per heavy atom. The molecule has 1 fully saturated rings. The van der Waals surface area contributed by atoms with Crippen molar-refractivity contribution >= 4 is 64.8 Å². The van der Waals surface area contributed by atoms with Crippen molar-refractivity contribution in [3.05, 3.63) is 38.9 Å². The van der Waals surface area contributed by atoms with Crippen LogP contribution in [0.2, 0.25) is 5.02 Å². The normalized spacial score (nSPS) is 20.7. The van der Waals surface area contributed by atoms with Gasteiger partial charge in [-0.2, -0.15) is 0 Å². The van der Waals surface area contributed by atoms with E-state index in [1.54, 1.807) is 20.2 Å². The summed E-state index contributed by atoms with van der Waals surface area (Å²) in [7, 11) is 3.35. The number of thiazole rings is 1. The summed E-state index contributed by atoms with van der Waals surface area (Å²) in [5.74, 6) is -2.75. The first kappa shape index (κ1) is 28.8. The molecule has 0 bridgehead atoms. The average Bonchev–Trinajstić information content (AvgIpc) is 3.30. The fourth-order valence-electron chi connectivity index (χ4n) is 4.71. The first-order chi connectivity index (χ1) is 17.2. The molecule has 3 heterocycles. The second kappa shape index (κ2) is 12.2. The summed E-state index contributed by atoms with van der Waals surface area (Å²) in [5, 5.41) is 6.93. The summed E-state index contributed by atoms with van der Waals surface area (Å²) in [6.45, 7) is 1.46. The molecule has 11 nitrogen and oxygen atoms in total. The lowest BCUT2D eigenvalue weighted by Gasteiger charge is -2.41. The number of nitrogens with one attached hydrogen (secondary N) is 2. The van der Waals surface area contributed by atoms with E-state index in [-0.39, 0.29) is 36.5 Å². The minimum Gasteiger partial charge on any atom is -0.361 e. The van der Waals surface area contributed by atoms with Crippen LogP contribution in [0.25, 0.3) is 0 Å². The van der Waals surface area contributed by atoms with Crippen molar-refractivity contribution in [2.24, 2.45) is 11.7 Å². The summed E-state index contributed by atoms with van der Waals surface area (Å²) in [5.41, 5.74) is 6.28. The summed E-state index contributed by atoms with van der Waals surface area (Å²) < 4.78 is 0. The molecule has 37 heavy (non-hydrogen) atoms. The number of hydrogen-bond donors (Lipinski definition) is 3. The van der Waals surface area contributed by atoms with Gasteiger partial charge in [0.1, 0.15) is 5.82 Å². The third kappa shape index (κ3) is 6.38. The smallest absolute Gasteiger partial charge is 0.317 e. The second-order valence-electron chi connectivity index (χ2n) is 9.08. The Labute approximate surface area is 229 Å². The maximum atomic E-state index is 13.3. The van der Waals surface area contributed by atoms with Gasteiger partial charge in [0, 0.05) is 50.6 Å². The number of primary amides is 1. The predicted molar refractivity (Wildman–Crippen MR) is 142 cm³/mol. The average molecular weight is 571 g/mol. The molecule has 0 unspecified atom stereocenters. The first-order valence-electron chi connectivity index (χ1n) is 11.6. The molecule has 0 spiro atoms. The van der Waals surface area contributed by atoms with E-state index >= 15 is 0 Å². The highest BCUT2D eigenvalue weighted by atomic mass is 35.5. The lowest BCUT2D eigenvalue weighted by molar-refractivity contribution is -0.136. The number of aromatic nitrogens is 2. The minimum absolute atomic E-state index is 0. The summed E-state index contributed by atoms with van der Waals surface area (Å²) in [6, 6.07) is 1.75. The number of carbonyl (C=O) groups is 4. The fourth-order valence-corrected chi connectivity index (χ4v) is 5.81. The van der Waals surface area contributed by atoms with Crippen molar-refractivity contribution < 1.29 is 19.2 Å². The highest BCUT2D eigenvalue weighted by Crippen LogP contribution is 2.32. The van der Waals surface area contributed by atoms with Crippen molar-refractivity contribution in [2.45, 2.75) is 44.3 Å². The van der Waals surface area contributed by atoms with E-state index in [1.165, 1.54) is 33.4 Å². The van der Waals surface area contributed by atoms with Gasteiger partial charge in [-0.1, -0.05) is 11.6 Å². The van der Waals surface area contributed by atoms with E-state index in [1.807, 2.05) is 0 Å². The minimum atomic E-state index is -1.15. The molecule has 2 aromatic rings. The molecule has 2 aliphatic rings. The molecule has 200 valence electrons. The van der Waals surface area contributed by atoms with Crippen LogP contribution in [0.3, 0.4) is 0 Å². The molecule has 1 saturated carbocycles. The molecule has 1 aliphatic carbocycles. The number of hydrogen-bond acceptors (Lipinski definition) is 8. The van der Waals surface area contributed by atoms with Crippen LogP contribution in [-0.2, 0) is 27.3 Å². The zero-order valence-electron chi connectivity index (χ0n) is 20.4. The van der Waals surface area contributed by atoms with Crippen LogP contribution in [0.5, 0.6) is 0 Å². The third-order valence-corrected chi connectivity index (χ3v) is 7.76. The first-order valence-corrected chi connectivity index (χ1v) is 12.8. The number of pyridine rings is 1. The van der Waals surface area contributed by atoms with Crippen LogP contribution < -0.4 is 21.3 Å². The third-order valence-electron chi connectivity index (χ3n) is 6.44. The number of carbonyl (C=O) groups excluding carboxylic acids is 4. The van der Waals surface area contributed by atoms with Gasteiger partial charge in [-0.25, -0.2) is 9.97 Å². The van der Waals surface area contributed by atoms with Crippen molar-refractivity contribution in [3.63, 3.8) is 0 Å². The fraction of sp³-hybridized carbons (Fsp3) is 0.478. The zero-order chi connectivity index (χ0) is 26.0. The lowest BCUT2D eigenvalue weighted by atomic mass is 9.80. The van der Waals surface area contributed by atoms with E-state index in [9.17, 15) is 19.2 Å². The van der Waals surface area contributed by atoms with E-state index in [2.05, 4.69) is 20.6 Å². The largest absolute Gasteiger partial charge is 0.361 e. The maximum absolute atomic E-state index is 13.3. The van der Waals surface area contributed by atoms with Crippen LogP contribution >= 0.6 is 35.3 Å². The van der Waals surface area contributed by atoms with Crippen molar-refractivity contribution in [1.29, 1.82) is 0 Å². The van der Waals surface area contributed by atoms with Gasteiger partial charge in [0.2, 0.25) is 5.91 Å². The van der Waals surface area contributed by atoms with E-state index in [0.29, 0.717) is 29.4 Å². The molecule has 0 radical (unpaired) electrons. The number of nitrogens with two attached hydrogens (primary N) is 1. The molecule has 1 aliphatic heterocycles. The monoisotopic (exact) mass is 569 g/mol. The van der Waals surface area contributed by atoms with Gasteiger partial charge >= 0.3 is 11.8 Å². The highest BCUT2D eigenvalue weighted by molar-refractivity contribution is 7.13. The van der Waals surface area contributed by atoms with Crippen molar-refractivity contribution in [3.8, 4) is 0 Å². The Morgan fingerprint density at radius 1 is 1.22 bits per heavy atom. The Bertz CT molecular complexity index is 1150. The zero-order valence-corrected chi connectivity index (χ0v) is 22.8. The van der Waals surface area contributed by atoms with Gasteiger partial charge in [0.15, 0.2) is 5.01 Å². The van der Waals surface area contributed by atoms with Crippen molar-refractivity contribution in [2.75, 3.05) is 25.5 Å². The Hall–Kier alpha value is -2.80. The maximum Gasteiger partial charge on any atom is 0.317 e. The van der Waals surface area contributed by atoms with Gasteiger partial charge in [0.25, 0.3) is 5.91 Å². The predicted octanol–water partition coefficient (Wildman–Crippen LogP) is 1.13. The summed E-state index contributed by atoms with van der Waals surface area (Å²) in [4.78, 5) is 63.4. The molecule has 4 N–H and O–H groups in total. The van der Waals surface area contributed by atoms with Gasteiger partial charge in [0.05, 0.1) is 22.8 Å². The summed E-state index contributed by atoms with van der Waals surface area (Å²) >= 11 is 7.29. The molecule has 3 atom stereocenters. The molecular weight excluding hydrogens is 541 g/mol. The van der Waals surface area contributed by atoms with Gasteiger partial charge in [-0.05, 0) is 31.4 Å². The van der Waals surface area contributed by atoms with Crippen LogP contribution in [0.1, 0.15) is 39.6 Å². The van der Waals surface area contributed by atoms with E-state index in [4.69, 9.17) is 17.3 Å². The number of anilines is 1. The second-order valence-corrected chi connectivity index (χ2v) is 10.6. The van der Waals surface area contributed by atoms with Crippen molar-refractivity contribution in [1.82, 2.24) is 25.5 Å². The molecule has 0 saturated heterocycles. The van der Waals surface area contributed by atoms with Gasteiger partial charge in [-0.3, -0.25) is 24.1 Å². The summed E-state index contributed by atoms with van der Waals surface area (Å²) in [6.07, 6.45) is 3.18. The molecule has 4 amide bonds. The Kier molecular flexibility index (Phi) is 9.46. The van der Waals surface area contributed by atoms with E-state index < -0.39 is 29.8 Å². The number of nitrogens with zero attached hydrogens (tertiary/aromatic N) is 4. The topological polar surface area (TPSA) is 151 Å².